The van der Waals surface area contributed by atoms with Gasteiger partial charge in [-0.25, -0.2) is 0 Å². The van der Waals surface area contributed by atoms with Gasteiger partial charge in [0, 0.05) is 36.0 Å². The minimum atomic E-state index is -1.03. The molecule has 0 spiro atoms. The molecule has 162 valence electrons. The highest BCUT2D eigenvalue weighted by Crippen LogP contribution is 2.13. The van der Waals surface area contributed by atoms with Gasteiger partial charge in [-0.05, 0) is 30.5 Å². The second kappa shape index (κ2) is 13.7. The lowest BCUT2D eigenvalue weighted by atomic mass is 10.1. The van der Waals surface area contributed by atoms with E-state index in [4.69, 9.17) is 14.2 Å². The van der Waals surface area contributed by atoms with Crippen molar-refractivity contribution < 1.29 is 14.2 Å². The molecular weight excluding hydrogens is 380 g/mol. The van der Waals surface area contributed by atoms with Crippen molar-refractivity contribution in [2.45, 2.75) is 83.7 Å². The lowest BCUT2D eigenvalue weighted by Crippen LogP contribution is -2.23. The van der Waals surface area contributed by atoms with Crippen molar-refractivity contribution >= 4 is 16.1 Å². The maximum absolute atomic E-state index is 5.82. The molecule has 0 aliphatic carbocycles. The third-order valence-corrected chi connectivity index (χ3v) is 7.69. The maximum Gasteiger partial charge on any atom is 0.146 e. The molecule has 0 bridgehead atoms. The lowest BCUT2D eigenvalue weighted by Gasteiger charge is -2.15. The molecule has 0 aliphatic heterocycles. The first-order chi connectivity index (χ1) is 13.2. The van der Waals surface area contributed by atoms with E-state index in [0.717, 1.165) is 39.3 Å². The van der Waals surface area contributed by atoms with Gasteiger partial charge in [0.1, 0.15) is 6.79 Å². The molecule has 3 nitrogen and oxygen atoms in total. The molecule has 1 rings (SSSR count). The average molecular weight is 425 g/mol. The van der Waals surface area contributed by atoms with Crippen LogP contribution in [0, 0.1) is 0 Å². The summed E-state index contributed by atoms with van der Waals surface area (Å²) in [5.74, 6) is 0. The monoisotopic (exact) mass is 424 g/mol. The first kappa shape index (κ1) is 25.6. The third-order valence-electron chi connectivity index (χ3n) is 4.52. The summed E-state index contributed by atoms with van der Waals surface area (Å²) in [6.07, 6.45) is 4.63. The van der Waals surface area contributed by atoms with Gasteiger partial charge in [0.25, 0.3) is 0 Å². The van der Waals surface area contributed by atoms with E-state index in [2.05, 4.69) is 63.5 Å². The van der Waals surface area contributed by atoms with E-state index in [1.165, 1.54) is 36.1 Å². The van der Waals surface area contributed by atoms with Crippen LogP contribution in [0.4, 0.5) is 0 Å². The van der Waals surface area contributed by atoms with Crippen LogP contribution in [0.1, 0.15) is 36.8 Å². The smallest absolute Gasteiger partial charge is 0.146 e. The summed E-state index contributed by atoms with van der Waals surface area (Å²) in [4.78, 5) is 0. The fourth-order valence-corrected chi connectivity index (χ4v) is 5.09. The van der Waals surface area contributed by atoms with Gasteiger partial charge in [-0.15, -0.1) is 0 Å². The molecule has 0 fully saturated rings. The number of benzene rings is 1. The molecule has 0 saturated carbocycles. The molecule has 0 amide bonds. The van der Waals surface area contributed by atoms with Crippen molar-refractivity contribution in [1.82, 2.24) is 0 Å². The number of hydrogen-bond donors (Lipinski definition) is 0. The van der Waals surface area contributed by atoms with Crippen molar-refractivity contribution in [3.8, 4) is 0 Å². The average Bonchev–Trinajstić information content (AvgIpc) is 2.58. The molecule has 0 radical (unpaired) electrons. The quantitative estimate of drug-likeness (QED) is 0.172. The molecule has 0 saturated heterocycles. The predicted molar refractivity (Wildman–Crippen MR) is 127 cm³/mol. The molecule has 0 atom stereocenters. The molecule has 1 aromatic rings. The first-order valence-electron chi connectivity index (χ1n) is 11.0. The van der Waals surface area contributed by atoms with Gasteiger partial charge in [0.05, 0.1) is 6.61 Å². The Bertz CT molecular complexity index is 504. The Kier molecular flexibility index (Phi) is 12.5. The fraction of sp³-hybridized carbons (Fsp3) is 0.739. The van der Waals surface area contributed by atoms with Crippen molar-refractivity contribution in [2.24, 2.45) is 0 Å². The number of hydrogen-bond acceptors (Lipinski definition) is 3. The van der Waals surface area contributed by atoms with Crippen LogP contribution in [0.25, 0.3) is 0 Å². The van der Waals surface area contributed by atoms with Gasteiger partial charge in [-0.3, -0.25) is 0 Å². The van der Waals surface area contributed by atoms with E-state index < -0.39 is 16.1 Å². The summed E-state index contributed by atoms with van der Waals surface area (Å²) in [6.45, 7) is 18.0. The van der Waals surface area contributed by atoms with Gasteiger partial charge >= 0.3 is 0 Å². The van der Waals surface area contributed by atoms with Gasteiger partial charge in [-0.2, -0.15) is 0 Å². The lowest BCUT2D eigenvalue weighted by molar-refractivity contribution is -0.0504. The summed E-state index contributed by atoms with van der Waals surface area (Å²) in [7, 11) is -2.01. The Morgan fingerprint density at radius 2 is 1.14 bits per heavy atom. The van der Waals surface area contributed by atoms with Crippen LogP contribution < -0.4 is 0 Å². The molecule has 0 aromatic heterocycles. The summed E-state index contributed by atoms with van der Waals surface area (Å²) in [6, 6.07) is 11.4. The minimum absolute atomic E-state index is 0.449. The molecule has 5 heteroatoms. The zero-order valence-electron chi connectivity index (χ0n) is 19.3. The second-order valence-electron chi connectivity index (χ2n) is 10.3. The summed E-state index contributed by atoms with van der Waals surface area (Å²) in [5.41, 5.74) is 2.74. The van der Waals surface area contributed by atoms with E-state index in [9.17, 15) is 0 Å². The van der Waals surface area contributed by atoms with E-state index in [-0.39, 0.29) is 0 Å². The highest BCUT2D eigenvalue weighted by atomic mass is 28.3. The first-order valence-corrected chi connectivity index (χ1v) is 18.4. The Balaban J connectivity index is 1.91. The molecule has 1 aromatic carbocycles. The van der Waals surface area contributed by atoms with Crippen LogP contribution in [0.2, 0.25) is 45.3 Å². The number of unbranched alkanes of at least 4 members (excludes halogenated alkanes) is 3. The van der Waals surface area contributed by atoms with Crippen LogP contribution in [0.5, 0.6) is 0 Å². The number of rotatable bonds is 16. The van der Waals surface area contributed by atoms with Crippen molar-refractivity contribution in [2.75, 3.05) is 26.6 Å². The molecule has 0 unspecified atom stereocenters. The minimum Gasteiger partial charge on any atom is -0.377 e. The Labute approximate surface area is 176 Å². The van der Waals surface area contributed by atoms with Crippen molar-refractivity contribution in [3.63, 3.8) is 0 Å². The zero-order valence-corrected chi connectivity index (χ0v) is 21.3. The summed E-state index contributed by atoms with van der Waals surface area (Å²) in [5, 5.41) is 0. The molecule has 0 N–H and O–H groups in total. The molecule has 28 heavy (non-hydrogen) atoms. The summed E-state index contributed by atoms with van der Waals surface area (Å²) >= 11 is 0. The van der Waals surface area contributed by atoms with Crippen molar-refractivity contribution in [1.29, 1.82) is 0 Å². The van der Waals surface area contributed by atoms with Gasteiger partial charge in [0.2, 0.25) is 0 Å². The SMILES string of the molecule is C[Si](C)(C)CCOCOCCCCCCOCc1ccc(C[Si](C)(C)C)cc1. The predicted octanol–water partition coefficient (Wildman–Crippen LogP) is 6.51. The standard InChI is InChI=1S/C23H44O3Si2/c1-27(2,3)18-17-26-21-25-16-10-8-7-9-15-24-19-22-11-13-23(14-12-22)20-28(4,5)6/h11-14H,7-10,15-21H2,1-6H3. The highest BCUT2D eigenvalue weighted by molar-refractivity contribution is 6.76. The van der Waals surface area contributed by atoms with E-state index in [1.807, 2.05) is 0 Å². The highest BCUT2D eigenvalue weighted by Gasteiger charge is 2.13. The van der Waals surface area contributed by atoms with Gasteiger partial charge in [0.15, 0.2) is 0 Å². The van der Waals surface area contributed by atoms with Crippen LogP contribution in [-0.2, 0) is 26.9 Å². The summed E-state index contributed by atoms with van der Waals surface area (Å²) < 4.78 is 16.9. The van der Waals surface area contributed by atoms with E-state index in [0.29, 0.717) is 6.79 Å². The molecule has 0 aliphatic rings. The van der Waals surface area contributed by atoms with Crippen molar-refractivity contribution in [3.05, 3.63) is 35.4 Å². The van der Waals surface area contributed by atoms with Crippen LogP contribution in [-0.4, -0.2) is 42.8 Å². The van der Waals surface area contributed by atoms with Crippen LogP contribution in [0.15, 0.2) is 24.3 Å². The fourth-order valence-electron chi connectivity index (χ4n) is 2.87. The zero-order chi connectivity index (χ0) is 20.9. The number of ether oxygens (including phenoxy) is 3. The van der Waals surface area contributed by atoms with E-state index in [1.54, 1.807) is 0 Å². The Morgan fingerprint density at radius 1 is 0.607 bits per heavy atom. The molecular formula is C23H44O3Si2. The van der Waals surface area contributed by atoms with Gasteiger partial charge < -0.3 is 14.2 Å². The van der Waals surface area contributed by atoms with E-state index >= 15 is 0 Å². The topological polar surface area (TPSA) is 27.7 Å². The largest absolute Gasteiger partial charge is 0.377 e. The normalized spacial score (nSPS) is 12.5. The second-order valence-corrected chi connectivity index (χ2v) is 21.4. The van der Waals surface area contributed by atoms with Crippen LogP contribution in [0.3, 0.4) is 0 Å². The molecule has 0 heterocycles. The Hall–Kier alpha value is -0.466. The van der Waals surface area contributed by atoms with Gasteiger partial charge in [-0.1, -0.05) is 82.0 Å². The Morgan fingerprint density at radius 3 is 1.71 bits per heavy atom. The van der Waals surface area contributed by atoms with Crippen LogP contribution >= 0.6 is 0 Å². The third kappa shape index (κ3) is 15.5. The maximum atomic E-state index is 5.82.